The lowest BCUT2D eigenvalue weighted by atomic mass is 9.74. The zero-order chi connectivity index (χ0) is 9.47. The Bertz CT molecular complexity index is 311. The molecule has 1 saturated carbocycles. The van der Waals surface area contributed by atoms with Crippen LogP contribution in [0.3, 0.4) is 0 Å². The van der Waals surface area contributed by atoms with Gasteiger partial charge in [0.15, 0.2) is 0 Å². The number of hydrogen-bond donors (Lipinski definition) is 0. The monoisotopic (exact) mass is 174 g/mol. The predicted octanol–water partition coefficient (Wildman–Crippen LogP) is 2.51. The number of hydrogen-bond acceptors (Lipinski definition) is 1. The van der Waals surface area contributed by atoms with Crippen molar-refractivity contribution in [1.82, 2.24) is 0 Å². The summed E-state index contributed by atoms with van der Waals surface area (Å²) in [5, 5.41) is 0. The van der Waals surface area contributed by atoms with Crippen LogP contribution < -0.4 is 0 Å². The number of carbonyl (C=O) groups excluding carboxylic acids is 1. The maximum absolute atomic E-state index is 10.3. The van der Waals surface area contributed by atoms with Gasteiger partial charge in [0.2, 0.25) is 0 Å². The van der Waals surface area contributed by atoms with Gasteiger partial charge in [0.25, 0.3) is 0 Å². The van der Waals surface area contributed by atoms with E-state index in [1.807, 2.05) is 6.08 Å². The highest BCUT2D eigenvalue weighted by atomic mass is 16.1. The Kier molecular flexibility index (Phi) is 1.76. The lowest BCUT2D eigenvalue weighted by Crippen LogP contribution is -2.21. The van der Waals surface area contributed by atoms with E-state index in [-0.39, 0.29) is 5.41 Å². The van der Waals surface area contributed by atoms with E-state index in [1.54, 1.807) is 6.08 Å². The molecule has 0 radical (unpaired) electrons. The van der Waals surface area contributed by atoms with Gasteiger partial charge in [-0.2, -0.15) is 0 Å². The fraction of sp³-hybridized carbons (Fsp3) is 0.417. The average molecular weight is 174 g/mol. The lowest BCUT2D eigenvalue weighted by molar-refractivity contribution is -0.104. The first-order valence-electron chi connectivity index (χ1n) is 4.69. The van der Waals surface area contributed by atoms with Crippen molar-refractivity contribution in [3.8, 4) is 0 Å². The van der Waals surface area contributed by atoms with E-state index < -0.39 is 0 Å². The molecule has 0 spiro atoms. The molecule has 3 atom stereocenters. The largest absolute Gasteiger partial charge is 0.299 e. The number of aldehydes is 1. The summed E-state index contributed by atoms with van der Waals surface area (Å²) in [5.74, 6) is 1.10. The molecule has 0 unspecified atom stereocenters. The molecule has 0 aliphatic heterocycles. The van der Waals surface area contributed by atoms with E-state index in [9.17, 15) is 4.79 Å². The zero-order valence-electron chi connectivity index (χ0n) is 7.86. The van der Waals surface area contributed by atoms with Crippen molar-refractivity contribution >= 4 is 6.29 Å². The van der Waals surface area contributed by atoms with E-state index in [2.05, 4.69) is 25.7 Å². The highest BCUT2D eigenvalue weighted by Crippen LogP contribution is 2.55. The number of carbonyl (C=O) groups is 1. The van der Waals surface area contributed by atoms with Crippen LogP contribution in [-0.2, 0) is 4.79 Å². The summed E-state index contributed by atoms with van der Waals surface area (Å²) in [6, 6.07) is 0. The van der Waals surface area contributed by atoms with Crippen LogP contribution in [0.15, 0.2) is 36.5 Å². The second kappa shape index (κ2) is 2.69. The van der Waals surface area contributed by atoms with Gasteiger partial charge >= 0.3 is 0 Å². The van der Waals surface area contributed by atoms with Gasteiger partial charge in [-0.25, -0.2) is 0 Å². The summed E-state index contributed by atoms with van der Waals surface area (Å²) in [4.78, 5) is 10.3. The van der Waals surface area contributed by atoms with E-state index in [1.165, 1.54) is 12.0 Å². The van der Waals surface area contributed by atoms with Crippen molar-refractivity contribution in [2.75, 3.05) is 0 Å². The summed E-state index contributed by atoms with van der Waals surface area (Å²) >= 11 is 0. The predicted molar refractivity (Wildman–Crippen MR) is 53.2 cm³/mol. The molecule has 0 heterocycles. The third-order valence-electron chi connectivity index (χ3n) is 3.51. The van der Waals surface area contributed by atoms with Crippen molar-refractivity contribution < 1.29 is 4.79 Å². The minimum atomic E-state index is 0.0281. The van der Waals surface area contributed by atoms with Gasteiger partial charge in [0.05, 0.1) is 0 Å². The fourth-order valence-electron chi connectivity index (χ4n) is 2.51. The van der Waals surface area contributed by atoms with Crippen molar-refractivity contribution in [3.05, 3.63) is 36.5 Å². The summed E-state index contributed by atoms with van der Waals surface area (Å²) < 4.78 is 0. The van der Waals surface area contributed by atoms with E-state index in [0.29, 0.717) is 11.8 Å². The molecule has 1 heteroatoms. The second-order valence-electron chi connectivity index (χ2n) is 4.14. The van der Waals surface area contributed by atoms with E-state index in [4.69, 9.17) is 0 Å². The first kappa shape index (κ1) is 8.49. The summed E-state index contributed by atoms with van der Waals surface area (Å²) in [6.45, 7) is 6.29. The molecule has 0 N–H and O–H groups in total. The molecule has 13 heavy (non-hydrogen) atoms. The summed E-state index contributed by atoms with van der Waals surface area (Å²) in [6.07, 6.45) is 10.1. The maximum atomic E-state index is 10.3. The smallest absolute Gasteiger partial charge is 0.142 e. The molecular weight excluding hydrogens is 160 g/mol. The van der Waals surface area contributed by atoms with Gasteiger partial charge in [-0.15, -0.1) is 0 Å². The molecular formula is C12H14O. The van der Waals surface area contributed by atoms with Crippen molar-refractivity contribution in [2.45, 2.75) is 13.3 Å². The fourth-order valence-corrected chi connectivity index (χ4v) is 2.51. The van der Waals surface area contributed by atoms with Crippen molar-refractivity contribution in [3.63, 3.8) is 0 Å². The zero-order valence-corrected chi connectivity index (χ0v) is 7.86. The molecule has 0 saturated heterocycles. The summed E-state index contributed by atoms with van der Waals surface area (Å²) in [5.41, 5.74) is 1.29. The highest BCUT2D eigenvalue weighted by molar-refractivity contribution is 5.65. The van der Waals surface area contributed by atoms with Crippen molar-refractivity contribution in [1.29, 1.82) is 0 Å². The van der Waals surface area contributed by atoms with Gasteiger partial charge in [-0.3, -0.25) is 4.79 Å². The molecule has 2 rings (SSSR count). The van der Waals surface area contributed by atoms with Crippen LogP contribution in [0.25, 0.3) is 0 Å². The van der Waals surface area contributed by atoms with Crippen LogP contribution in [-0.4, -0.2) is 6.29 Å². The number of fused-ring (bicyclic) bond motifs is 2. The van der Waals surface area contributed by atoms with Crippen LogP contribution in [0.5, 0.6) is 0 Å². The first-order valence-corrected chi connectivity index (χ1v) is 4.69. The normalized spacial score (nSPS) is 42.1. The van der Waals surface area contributed by atoms with E-state index >= 15 is 0 Å². The second-order valence-corrected chi connectivity index (χ2v) is 4.14. The van der Waals surface area contributed by atoms with Crippen molar-refractivity contribution in [2.24, 2.45) is 17.3 Å². The highest BCUT2D eigenvalue weighted by Gasteiger charge is 2.46. The average Bonchev–Trinajstić information content (AvgIpc) is 2.68. The first-order chi connectivity index (χ1) is 6.18. The van der Waals surface area contributed by atoms with Gasteiger partial charge in [-0.1, -0.05) is 37.3 Å². The molecule has 0 aromatic carbocycles. The van der Waals surface area contributed by atoms with Crippen LogP contribution in [0.1, 0.15) is 13.3 Å². The third kappa shape index (κ3) is 1.03. The minimum absolute atomic E-state index is 0.0281. The van der Waals surface area contributed by atoms with Gasteiger partial charge in [-0.05, 0) is 24.3 Å². The SMILES string of the molecule is C=C1[C@H]2C=C[C@H](C2)[C@]1(C)C=CC=O. The Morgan fingerprint density at radius 3 is 2.92 bits per heavy atom. The van der Waals surface area contributed by atoms with Crippen LogP contribution in [0.2, 0.25) is 0 Å². The van der Waals surface area contributed by atoms with Crippen LogP contribution >= 0.6 is 0 Å². The molecule has 2 aliphatic rings. The molecule has 68 valence electrons. The van der Waals surface area contributed by atoms with Crippen LogP contribution in [0, 0.1) is 17.3 Å². The van der Waals surface area contributed by atoms with Gasteiger partial charge < -0.3 is 0 Å². The molecule has 1 nitrogen and oxygen atoms in total. The Morgan fingerprint density at radius 2 is 2.38 bits per heavy atom. The quantitative estimate of drug-likeness (QED) is 0.357. The molecule has 0 aromatic heterocycles. The molecule has 1 fully saturated rings. The molecule has 0 aromatic rings. The molecule has 2 aliphatic carbocycles. The Hall–Kier alpha value is -1.11. The number of allylic oxidation sites excluding steroid dienone is 5. The van der Waals surface area contributed by atoms with E-state index in [0.717, 1.165) is 6.29 Å². The summed E-state index contributed by atoms with van der Waals surface area (Å²) in [7, 11) is 0. The minimum Gasteiger partial charge on any atom is -0.299 e. The molecule has 2 bridgehead atoms. The Balaban J connectivity index is 2.33. The van der Waals surface area contributed by atoms with Gasteiger partial charge in [0.1, 0.15) is 6.29 Å². The maximum Gasteiger partial charge on any atom is 0.142 e. The Labute approximate surface area is 78.8 Å². The topological polar surface area (TPSA) is 17.1 Å². The van der Waals surface area contributed by atoms with Crippen LogP contribution in [0.4, 0.5) is 0 Å². The Morgan fingerprint density at radius 1 is 1.62 bits per heavy atom. The van der Waals surface area contributed by atoms with Gasteiger partial charge in [0, 0.05) is 5.41 Å². The third-order valence-corrected chi connectivity index (χ3v) is 3.51. The number of rotatable bonds is 2. The molecule has 0 amide bonds. The standard InChI is InChI=1S/C12H14O/c1-9-10-4-5-11(8-10)12(9,2)6-3-7-13/h3-7,10-11H,1,8H2,2H3/t10-,11+,12+/m0/s1. The lowest BCUT2D eigenvalue weighted by Gasteiger charge is -2.29.